The van der Waals surface area contributed by atoms with E-state index in [4.69, 9.17) is 14.2 Å². The van der Waals surface area contributed by atoms with Crippen LogP contribution < -0.4 is 14.2 Å². The third kappa shape index (κ3) is 3.78. The van der Waals surface area contributed by atoms with Crippen LogP contribution in [-0.2, 0) is 4.79 Å². The molecule has 0 radical (unpaired) electrons. The molecule has 2 unspecified atom stereocenters. The molecule has 3 rings (SSSR count). The highest BCUT2D eigenvalue weighted by Gasteiger charge is 2.37. The highest BCUT2D eigenvalue weighted by molar-refractivity contribution is 5.74. The van der Waals surface area contributed by atoms with Gasteiger partial charge in [-0.25, -0.2) is 0 Å². The number of hydrogen-bond donors (Lipinski definition) is 1. The molecule has 0 aliphatic carbocycles. The Labute approximate surface area is 165 Å². The Morgan fingerprint density at radius 1 is 1.04 bits per heavy atom. The molecule has 2 aromatic carbocycles. The summed E-state index contributed by atoms with van der Waals surface area (Å²) in [5, 5.41) is 9.74. The molecule has 0 spiro atoms. The van der Waals surface area contributed by atoms with Gasteiger partial charge in [0.05, 0.1) is 27.4 Å². The fourth-order valence-electron chi connectivity index (χ4n) is 3.95. The molecule has 28 heavy (non-hydrogen) atoms. The number of rotatable bonds is 7. The fraction of sp³-hybridized carbons (Fsp3) is 0.409. The topological polar surface area (TPSA) is 68.2 Å². The number of ether oxygens (including phenoxy) is 3. The molecule has 1 saturated heterocycles. The van der Waals surface area contributed by atoms with E-state index in [-0.39, 0.29) is 6.04 Å². The van der Waals surface area contributed by atoms with Crippen molar-refractivity contribution in [2.24, 2.45) is 0 Å². The maximum atomic E-state index is 11.9. The number of carboxylic acid groups (broad SMARTS) is 1. The lowest BCUT2D eigenvalue weighted by atomic mass is 9.94. The molecule has 0 aromatic heterocycles. The molecular formula is C22H27NO5. The van der Waals surface area contributed by atoms with Crippen LogP contribution in [0.3, 0.4) is 0 Å². The van der Waals surface area contributed by atoms with E-state index in [9.17, 15) is 9.90 Å². The van der Waals surface area contributed by atoms with E-state index in [0.717, 1.165) is 23.1 Å². The van der Waals surface area contributed by atoms with Gasteiger partial charge in [0, 0.05) is 6.54 Å². The lowest BCUT2D eigenvalue weighted by Gasteiger charge is -2.32. The van der Waals surface area contributed by atoms with E-state index in [1.807, 2.05) is 36.1 Å². The van der Waals surface area contributed by atoms with Crippen LogP contribution in [-0.4, -0.2) is 49.9 Å². The molecule has 1 N–H and O–H groups in total. The largest absolute Gasteiger partial charge is 0.493 e. The van der Waals surface area contributed by atoms with Gasteiger partial charge in [0.2, 0.25) is 5.75 Å². The summed E-state index contributed by atoms with van der Waals surface area (Å²) in [4.78, 5) is 13.9. The van der Waals surface area contributed by atoms with Gasteiger partial charge in [0.25, 0.3) is 0 Å². The number of benzene rings is 2. The van der Waals surface area contributed by atoms with Crippen molar-refractivity contribution in [1.82, 2.24) is 4.90 Å². The average molecular weight is 385 g/mol. The smallest absolute Gasteiger partial charge is 0.320 e. The minimum Gasteiger partial charge on any atom is -0.493 e. The molecule has 2 aromatic rings. The van der Waals surface area contributed by atoms with E-state index in [2.05, 4.69) is 12.1 Å². The van der Waals surface area contributed by atoms with Crippen molar-refractivity contribution in [3.63, 3.8) is 0 Å². The van der Waals surface area contributed by atoms with Gasteiger partial charge in [-0.1, -0.05) is 29.8 Å². The Morgan fingerprint density at radius 2 is 1.64 bits per heavy atom. The van der Waals surface area contributed by atoms with Crippen LogP contribution in [0.15, 0.2) is 36.4 Å². The van der Waals surface area contributed by atoms with Gasteiger partial charge in [-0.15, -0.1) is 0 Å². The first-order chi connectivity index (χ1) is 13.5. The number of carboxylic acids is 1. The normalized spacial score (nSPS) is 17.9. The van der Waals surface area contributed by atoms with E-state index in [0.29, 0.717) is 30.2 Å². The molecule has 6 nitrogen and oxygen atoms in total. The highest BCUT2D eigenvalue weighted by Crippen LogP contribution is 2.43. The molecule has 1 heterocycles. The van der Waals surface area contributed by atoms with Gasteiger partial charge >= 0.3 is 5.97 Å². The number of carbonyl (C=O) groups is 1. The summed E-state index contributed by atoms with van der Waals surface area (Å²) in [6, 6.07) is 11.3. The molecule has 1 fully saturated rings. The number of aliphatic carboxylic acids is 1. The van der Waals surface area contributed by atoms with Crippen LogP contribution >= 0.6 is 0 Å². The van der Waals surface area contributed by atoms with Gasteiger partial charge in [-0.05, 0) is 43.0 Å². The van der Waals surface area contributed by atoms with Crippen LogP contribution in [0.1, 0.15) is 35.6 Å². The first-order valence-electron chi connectivity index (χ1n) is 9.35. The predicted molar refractivity (Wildman–Crippen MR) is 106 cm³/mol. The number of likely N-dealkylation sites (tertiary alicyclic amines) is 1. The molecular weight excluding hydrogens is 358 g/mol. The highest BCUT2D eigenvalue weighted by atomic mass is 16.5. The molecule has 150 valence electrons. The molecule has 1 aliphatic heterocycles. The summed E-state index contributed by atoms with van der Waals surface area (Å²) >= 11 is 0. The second kappa shape index (κ2) is 8.52. The lowest BCUT2D eigenvalue weighted by Crippen LogP contribution is -2.39. The SMILES string of the molecule is COc1cc(C(c2ccc(C)cc2)N2CCCC2C(=O)O)cc(OC)c1OC. The summed E-state index contributed by atoms with van der Waals surface area (Å²) in [7, 11) is 4.73. The Morgan fingerprint density at radius 3 is 2.14 bits per heavy atom. The standard InChI is InChI=1S/C22H27NO5/c1-14-7-9-15(10-8-14)20(23-11-5-6-17(23)22(24)25)16-12-18(26-2)21(28-4)19(13-16)27-3/h7-10,12-13,17,20H,5-6,11H2,1-4H3,(H,24,25). The maximum Gasteiger partial charge on any atom is 0.320 e. The number of methoxy groups -OCH3 is 3. The summed E-state index contributed by atoms with van der Waals surface area (Å²) in [5.74, 6) is 0.842. The van der Waals surface area contributed by atoms with Gasteiger partial charge in [-0.3, -0.25) is 9.69 Å². The molecule has 0 bridgehead atoms. The van der Waals surface area contributed by atoms with Crippen LogP contribution in [0.4, 0.5) is 0 Å². The van der Waals surface area contributed by atoms with Crippen LogP contribution in [0, 0.1) is 6.92 Å². The Bertz CT molecular complexity index is 808. The van der Waals surface area contributed by atoms with Crippen molar-refractivity contribution in [2.45, 2.75) is 31.8 Å². The van der Waals surface area contributed by atoms with Gasteiger partial charge < -0.3 is 19.3 Å². The van der Waals surface area contributed by atoms with Crippen molar-refractivity contribution < 1.29 is 24.1 Å². The molecule has 0 saturated carbocycles. The number of hydrogen-bond acceptors (Lipinski definition) is 5. The number of nitrogens with zero attached hydrogens (tertiary/aromatic N) is 1. The van der Waals surface area contributed by atoms with Crippen molar-refractivity contribution in [3.05, 3.63) is 53.1 Å². The first kappa shape index (κ1) is 20.0. The second-order valence-electron chi connectivity index (χ2n) is 7.01. The maximum absolute atomic E-state index is 11.9. The first-order valence-corrected chi connectivity index (χ1v) is 9.35. The molecule has 0 amide bonds. The quantitative estimate of drug-likeness (QED) is 0.785. The van der Waals surface area contributed by atoms with Crippen molar-refractivity contribution >= 4 is 5.97 Å². The monoisotopic (exact) mass is 385 g/mol. The molecule has 2 atom stereocenters. The zero-order chi connectivity index (χ0) is 20.3. The molecule has 1 aliphatic rings. The summed E-state index contributed by atoms with van der Waals surface area (Å²) in [6.07, 6.45) is 1.49. The third-order valence-corrected chi connectivity index (χ3v) is 5.31. The zero-order valence-corrected chi connectivity index (χ0v) is 16.8. The fourth-order valence-corrected chi connectivity index (χ4v) is 3.95. The Kier molecular flexibility index (Phi) is 6.09. The zero-order valence-electron chi connectivity index (χ0n) is 16.8. The summed E-state index contributed by atoms with van der Waals surface area (Å²) in [6.45, 7) is 2.75. The van der Waals surface area contributed by atoms with E-state index >= 15 is 0 Å². The van der Waals surface area contributed by atoms with E-state index < -0.39 is 12.0 Å². The summed E-state index contributed by atoms with van der Waals surface area (Å²) < 4.78 is 16.5. The van der Waals surface area contributed by atoms with E-state index in [1.165, 1.54) is 0 Å². The lowest BCUT2D eigenvalue weighted by molar-refractivity contribution is -0.142. The van der Waals surface area contributed by atoms with Gasteiger partial charge in [0.15, 0.2) is 11.5 Å². The van der Waals surface area contributed by atoms with Crippen LogP contribution in [0.5, 0.6) is 17.2 Å². The van der Waals surface area contributed by atoms with Crippen molar-refractivity contribution in [2.75, 3.05) is 27.9 Å². The van der Waals surface area contributed by atoms with Gasteiger partial charge in [0.1, 0.15) is 6.04 Å². The van der Waals surface area contributed by atoms with Gasteiger partial charge in [-0.2, -0.15) is 0 Å². The Hall–Kier alpha value is -2.73. The third-order valence-electron chi connectivity index (χ3n) is 5.31. The van der Waals surface area contributed by atoms with Crippen LogP contribution in [0.2, 0.25) is 0 Å². The minimum atomic E-state index is -0.790. The second-order valence-corrected chi connectivity index (χ2v) is 7.01. The summed E-state index contributed by atoms with van der Waals surface area (Å²) in [5.41, 5.74) is 3.10. The number of aryl methyl sites for hydroxylation is 1. The minimum absolute atomic E-state index is 0.224. The average Bonchev–Trinajstić information content (AvgIpc) is 3.18. The van der Waals surface area contributed by atoms with Crippen LogP contribution in [0.25, 0.3) is 0 Å². The van der Waals surface area contributed by atoms with Crippen molar-refractivity contribution in [1.29, 1.82) is 0 Å². The van der Waals surface area contributed by atoms with Crippen molar-refractivity contribution in [3.8, 4) is 17.2 Å². The Balaban J connectivity index is 2.16. The van der Waals surface area contributed by atoms with E-state index in [1.54, 1.807) is 21.3 Å². The molecule has 6 heteroatoms. The predicted octanol–water partition coefficient (Wildman–Crippen LogP) is 3.66.